The van der Waals surface area contributed by atoms with E-state index in [0.29, 0.717) is 5.69 Å². The number of urea groups is 1. The Labute approximate surface area is 99.9 Å². The third kappa shape index (κ3) is 4.56. The van der Waals surface area contributed by atoms with Crippen molar-refractivity contribution in [2.45, 2.75) is 6.18 Å². The minimum absolute atomic E-state index is 0.326. The Bertz CT molecular complexity index is 390. The average Bonchev–Trinajstić information content (AvgIpc) is 2.15. The molecule has 0 atom stereocenters. The molecule has 0 unspecified atom stereocenters. The number of thiol groups is 1. The van der Waals surface area contributed by atoms with Crippen LogP contribution in [0.3, 0.4) is 0 Å². The first-order valence-electron chi connectivity index (χ1n) is 4.71. The predicted octanol–water partition coefficient (Wildman–Crippen LogP) is 3.00. The molecule has 3 nitrogen and oxygen atoms in total. The van der Waals surface area contributed by atoms with E-state index in [2.05, 4.69) is 10.0 Å². The van der Waals surface area contributed by atoms with E-state index in [9.17, 15) is 18.0 Å². The zero-order valence-corrected chi connectivity index (χ0v) is 10.2. The van der Waals surface area contributed by atoms with E-state index in [-0.39, 0.29) is 0 Å². The number of hydrogen-bond acceptors (Lipinski definition) is 1. The second-order valence-corrected chi connectivity index (χ2v) is 5.55. The van der Waals surface area contributed by atoms with Gasteiger partial charge in [0.15, 0.2) is 0 Å². The normalized spacial score (nSPS) is 11.9. The highest BCUT2D eigenvalue weighted by Gasteiger charge is 2.29. The van der Waals surface area contributed by atoms with Gasteiger partial charge in [-0.05, 0) is 36.8 Å². The number of rotatable bonds is 2. The number of hydrogen-bond donors (Lipinski definition) is 3. The third-order valence-electron chi connectivity index (χ3n) is 1.80. The molecule has 0 radical (unpaired) electrons. The molecule has 0 fully saturated rings. The van der Waals surface area contributed by atoms with Crippen LogP contribution in [0.2, 0.25) is 0 Å². The molecule has 96 valence electrons. The molecule has 0 aliphatic heterocycles. The highest BCUT2D eigenvalue weighted by molar-refractivity contribution is 8.14. The van der Waals surface area contributed by atoms with Gasteiger partial charge in [0.05, 0.1) is 5.56 Å². The smallest absolute Gasteiger partial charge is 0.307 e. The van der Waals surface area contributed by atoms with Crippen molar-refractivity contribution in [1.82, 2.24) is 4.72 Å². The van der Waals surface area contributed by atoms with E-state index < -0.39 is 28.9 Å². The maximum absolute atomic E-state index is 12.3. The molecule has 17 heavy (non-hydrogen) atoms. The fourth-order valence-corrected chi connectivity index (χ4v) is 1.57. The zero-order valence-electron chi connectivity index (χ0n) is 9.30. The van der Waals surface area contributed by atoms with E-state index in [4.69, 9.17) is 0 Å². The Kier molecular flexibility index (Phi) is 4.28. The molecule has 1 aromatic carbocycles. The summed E-state index contributed by atoms with van der Waals surface area (Å²) in [5.74, 6) is 0. The Balaban J connectivity index is 2.66. The lowest BCUT2D eigenvalue weighted by atomic mass is 10.2. The van der Waals surface area contributed by atoms with E-state index in [1.807, 2.05) is 12.5 Å². The Morgan fingerprint density at radius 2 is 1.71 bits per heavy atom. The number of amides is 2. The van der Waals surface area contributed by atoms with Crippen LogP contribution < -0.4 is 10.0 Å². The molecule has 0 spiro atoms. The van der Waals surface area contributed by atoms with Gasteiger partial charge in [-0.3, -0.25) is 0 Å². The molecule has 0 heterocycles. The topological polar surface area (TPSA) is 41.1 Å². The summed E-state index contributed by atoms with van der Waals surface area (Å²) in [5, 5.41) is 2.45. The Morgan fingerprint density at radius 3 is 2.12 bits per heavy atom. The first-order chi connectivity index (χ1) is 7.79. The van der Waals surface area contributed by atoms with Crippen LogP contribution >= 0.6 is 11.1 Å². The zero-order chi connectivity index (χ0) is 13.1. The predicted molar refractivity (Wildman–Crippen MR) is 64.4 cm³/mol. The van der Waals surface area contributed by atoms with Crippen LogP contribution in [0.1, 0.15) is 5.56 Å². The fraction of sp³-hybridized carbons (Fsp3) is 0.300. The molecule has 0 aliphatic rings. The van der Waals surface area contributed by atoms with Crippen LogP contribution in [0.15, 0.2) is 24.3 Å². The van der Waals surface area contributed by atoms with Crippen LogP contribution in [-0.2, 0) is 6.18 Å². The van der Waals surface area contributed by atoms with Gasteiger partial charge in [-0.2, -0.15) is 24.3 Å². The van der Waals surface area contributed by atoms with Gasteiger partial charge < -0.3 is 10.0 Å². The Hall–Kier alpha value is -1.37. The molecule has 0 aliphatic carbocycles. The second kappa shape index (κ2) is 5.31. The molecule has 2 amide bonds. The first-order valence-corrected chi connectivity index (χ1v) is 6.95. The van der Waals surface area contributed by atoms with Gasteiger partial charge in [0.25, 0.3) is 0 Å². The molecule has 1 rings (SSSR count). The SMILES string of the molecule is C[SH](C)NC(=O)Nc1ccc(C(F)(F)F)cc1. The number of halogens is 3. The van der Waals surface area contributed by atoms with Crippen LogP contribution in [-0.4, -0.2) is 18.5 Å². The summed E-state index contributed by atoms with van der Waals surface area (Å²) in [6, 6.07) is 3.87. The summed E-state index contributed by atoms with van der Waals surface area (Å²) in [6.07, 6.45) is -0.661. The van der Waals surface area contributed by atoms with E-state index >= 15 is 0 Å². The highest BCUT2D eigenvalue weighted by atomic mass is 32.2. The van der Waals surface area contributed by atoms with E-state index in [1.165, 1.54) is 12.1 Å². The van der Waals surface area contributed by atoms with Gasteiger partial charge in [0.1, 0.15) is 0 Å². The van der Waals surface area contributed by atoms with Gasteiger partial charge in [0.2, 0.25) is 0 Å². The van der Waals surface area contributed by atoms with Crippen molar-refractivity contribution in [2.75, 3.05) is 17.8 Å². The molecule has 2 N–H and O–H groups in total. The van der Waals surface area contributed by atoms with Crippen molar-refractivity contribution < 1.29 is 18.0 Å². The third-order valence-corrected chi connectivity index (χ3v) is 2.45. The minimum Gasteiger partial charge on any atom is -0.307 e. The monoisotopic (exact) mass is 266 g/mol. The standard InChI is InChI=1S/C10H13F3N2OS/c1-17(2)15-9(16)14-8-5-3-7(4-6-8)10(11,12)13/h3-6,17H,1-2H3,(H2,14,15,16). The van der Waals surface area contributed by atoms with Crippen molar-refractivity contribution in [2.24, 2.45) is 0 Å². The maximum Gasteiger partial charge on any atom is 0.416 e. The van der Waals surface area contributed by atoms with Gasteiger partial charge >= 0.3 is 12.2 Å². The van der Waals surface area contributed by atoms with Gasteiger partial charge in [-0.25, -0.2) is 4.79 Å². The lowest BCUT2D eigenvalue weighted by Gasteiger charge is -2.13. The van der Waals surface area contributed by atoms with Gasteiger partial charge in [0, 0.05) is 5.69 Å². The summed E-state index contributed by atoms with van der Waals surface area (Å²) < 4.78 is 39.4. The molecule has 0 bridgehead atoms. The van der Waals surface area contributed by atoms with Crippen LogP contribution in [0.25, 0.3) is 0 Å². The minimum atomic E-state index is -4.36. The van der Waals surface area contributed by atoms with Gasteiger partial charge in [-0.1, -0.05) is 0 Å². The van der Waals surface area contributed by atoms with E-state index in [1.54, 1.807) is 0 Å². The number of carbonyl (C=O) groups excluding carboxylic acids is 1. The quantitative estimate of drug-likeness (QED) is 0.708. The molecule has 0 aromatic heterocycles. The summed E-state index contributed by atoms with van der Waals surface area (Å²) >= 11 is -0.603. The summed E-state index contributed by atoms with van der Waals surface area (Å²) in [5.41, 5.74) is -0.413. The second-order valence-electron chi connectivity index (χ2n) is 3.54. The van der Waals surface area contributed by atoms with Crippen molar-refractivity contribution in [3.63, 3.8) is 0 Å². The molecule has 0 saturated carbocycles. The Morgan fingerprint density at radius 1 is 1.18 bits per heavy atom. The lowest BCUT2D eigenvalue weighted by molar-refractivity contribution is -0.137. The highest BCUT2D eigenvalue weighted by Crippen LogP contribution is 2.29. The molecule has 0 saturated heterocycles. The summed E-state index contributed by atoms with van der Waals surface area (Å²) in [7, 11) is 0. The summed E-state index contributed by atoms with van der Waals surface area (Å²) in [4.78, 5) is 11.3. The number of carbonyl (C=O) groups is 1. The van der Waals surface area contributed by atoms with Crippen molar-refractivity contribution in [1.29, 1.82) is 0 Å². The van der Waals surface area contributed by atoms with Crippen molar-refractivity contribution in [3.8, 4) is 0 Å². The summed E-state index contributed by atoms with van der Waals surface area (Å²) in [6.45, 7) is 0. The molecular weight excluding hydrogens is 253 g/mol. The molecule has 7 heteroatoms. The average molecular weight is 266 g/mol. The molecule has 1 aromatic rings. The number of benzene rings is 1. The maximum atomic E-state index is 12.3. The largest absolute Gasteiger partial charge is 0.416 e. The van der Waals surface area contributed by atoms with Crippen LogP contribution in [0.5, 0.6) is 0 Å². The van der Waals surface area contributed by atoms with Gasteiger partial charge in [-0.15, -0.1) is 0 Å². The number of anilines is 1. The number of alkyl halides is 3. The van der Waals surface area contributed by atoms with Crippen molar-refractivity contribution in [3.05, 3.63) is 29.8 Å². The van der Waals surface area contributed by atoms with Crippen LogP contribution in [0, 0.1) is 0 Å². The lowest BCUT2D eigenvalue weighted by Crippen LogP contribution is -2.25. The van der Waals surface area contributed by atoms with Crippen molar-refractivity contribution >= 4 is 22.8 Å². The fourth-order valence-electron chi connectivity index (χ4n) is 1.10. The number of nitrogens with one attached hydrogen (secondary N) is 2. The van der Waals surface area contributed by atoms with Crippen LogP contribution in [0.4, 0.5) is 23.7 Å². The molecular formula is C10H13F3N2OS. The first kappa shape index (κ1) is 13.7. The van der Waals surface area contributed by atoms with E-state index in [0.717, 1.165) is 12.1 Å².